The van der Waals surface area contributed by atoms with Gasteiger partial charge in [0.2, 0.25) is 0 Å². The molecule has 0 unspecified atom stereocenters. The fourth-order valence-electron chi connectivity index (χ4n) is 4.59. The molecule has 0 atom stereocenters. The van der Waals surface area contributed by atoms with Gasteiger partial charge >= 0.3 is 0 Å². The predicted octanol–water partition coefficient (Wildman–Crippen LogP) is 8.06. The fourth-order valence-corrected chi connectivity index (χ4v) is 4.59. The summed E-state index contributed by atoms with van der Waals surface area (Å²) in [4.78, 5) is 0. The van der Waals surface area contributed by atoms with E-state index in [0.29, 0.717) is 0 Å². The van der Waals surface area contributed by atoms with Gasteiger partial charge in [0.1, 0.15) is 12.4 Å². The predicted molar refractivity (Wildman–Crippen MR) is 134 cm³/mol. The Balaban J connectivity index is 1.73. The van der Waals surface area contributed by atoms with Crippen molar-refractivity contribution in [1.82, 2.24) is 4.57 Å². The Morgan fingerprint density at radius 3 is 1.94 bits per heavy atom. The van der Waals surface area contributed by atoms with E-state index in [0.717, 1.165) is 6.54 Å². The van der Waals surface area contributed by atoms with Crippen LogP contribution in [0.5, 0.6) is 0 Å². The quantitative estimate of drug-likeness (QED) is 0.159. The summed E-state index contributed by atoms with van der Waals surface area (Å²) >= 11 is 0. The Hall–Kier alpha value is -1.57. The van der Waals surface area contributed by atoms with E-state index < -0.39 is 0 Å². The molecule has 1 aromatic heterocycles. The molecule has 0 amide bonds. The van der Waals surface area contributed by atoms with Crippen molar-refractivity contribution in [3.63, 3.8) is 0 Å². The molecule has 0 saturated carbocycles. The Kier molecular flexibility index (Phi) is 14.1. The van der Waals surface area contributed by atoms with Crippen molar-refractivity contribution in [2.75, 3.05) is 0 Å². The molecule has 0 N–H and O–H groups in total. The second-order valence-corrected chi connectivity index (χ2v) is 9.33. The summed E-state index contributed by atoms with van der Waals surface area (Å²) in [5.74, 6) is 1.56. The minimum atomic E-state index is 1.14. The van der Waals surface area contributed by atoms with Crippen molar-refractivity contribution in [2.45, 2.75) is 130 Å². The molecule has 0 aliphatic heterocycles. The summed E-state index contributed by atoms with van der Waals surface area (Å²) in [7, 11) is 0. The highest BCUT2D eigenvalue weighted by molar-refractivity contribution is 5.14. The van der Waals surface area contributed by atoms with Gasteiger partial charge in [0.15, 0.2) is 0 Å². The minimum absolute atomic E-state index is 1.14. The second-order valence-electron chi connectivity index (χ2n) is 9.33. The highest BCUT2D eigenvalue weighted by atomic mass is 15.1. The van der Waals surface area contributed by atoms with E-state index in [1.165, 1.54) is 115 Å². The van der Waals surface area contributed by atoms with Gasteiger partial charge in [-0.3, -0.25) is 0 Å². The third-order valence-corrected chi connectivity index (χ3v) is 6.55. The summed E-state index contributed by atoms with van der Waals surface area (Å²) in [6.45, 7) is 6.92. The van der Waals surface area contributed by atoms with Crippen LogP contribution in [0.15, 0.2) is 42.7 Å². The molecular weight excluding hydrogens is 376 g/mol. The smallest absolute Gasteiger partial charge is 0.234 e. The van der Waals surface area contributed by atoms with Crippen LogP contribution in [0.3, 0.4) is 0 Å². The standard InChI is InChI=1S/C29H49N2/c1-3-5-7-8-9-10-11-12-13-17-23-29-30(24-18-6-4-2)26-27-31(29)25-19-22-28-20-15-14-16-21-28/h14-16,20-21,26-27H,3-13,17-19,22-25H2,1-2H3/q+1. The fraction of sp³-hybridized carbons (Fsp3) is 0.690. The number of imidazole rings is 1. The molecule has 31 heavy (non-hydrogen) atoms. The number of aromatic nitrogens is 2. The van der Waals surface area contributed by atoms with Gasteiger partial charge in [-0.1, -0.05) is 108 Å². The third kappa shape index (κ3) is 11.0. The molecule has 1 aromatic carbocycles. The van der Waals surface area contributed by atoms with E-state index in [1.807, 2.05) is 0 Å². The first-order valence-electron chi connectivity index (χ1n) is 13.5. The van der Waals surface area contributed by atoms with E-state index in [9.17, 15) is 0 Å². The topological polar surface area (TPSA) is 8.81 Å². The molecule has 0 bridgehead atoms. The van der Waals surface area contributed by atoms with Crippen LogP contribution in [0.25, 0.3) is 0 Å². The Morgan fingerprint density at radius 2 is 1.26 bits per heavy atom. The lowest BCUT2D eigenvalue weighted by molar-refractivity contribution is -0.704. The van der Waals surface area contributed by atoms with Gasteiger partial charge in [-0.15, -0.1) is 0 Å². The zero-order valence-electron chi connectivity index (χ0n) is 20.7. The number of unbranched alkanes of at least 4 members (excludes halogenated alkanes) is 11. The van der Waals surface area contributed by atoms with Gasteiger partial charge in [0.05, 0.1) is 13.1 Å². The van der Waals surface area contributed by atoms with E-state index in [1.54, 1.807) is 5.82 Å². The summed E-state index contributed by atoms with van der Waals surface area (Å²) in [5.41, 5.74) is 1.46. The first-order valence-corrected chi connectivity index (χ1v) is 13.5. The number of nitrogens with zero attached hydrogens (tertiary/aromatic N) is 2. The average Bonchev–Trinajstić information content (AvgIpc) is 3.17. The van der Waals surface area contributed by atoms with Gasteiger partial charge in [0, 0.05) is 6.42 Å². The number of aryl methyl sites for hydroxylation is 3. The molecule has 0 spiro atoms. The first-order chi connectivity index (χ1) is 15.3. The molecule has 2 rings (SSSR count). The first kappa shape index (κ1) is 25.7. The number of benzene rings is 1. The molecule has 0 aliphatic carbocycles. The Labute approximate surface area is 193 Å². The van der Waals surface area contributed by atoms with Gasteiger partial charge in [-0.25, -0.2) is 9.13 Å². The Morgan fingerprint density at radius 1 is 0.645 bits per heavy atom. The second kappa shape index (κ2) is 17.0. The van der Waals surface area contributed by atoms with Gasteiger partial charge < -0.3 is 0 Å². The minimum Gasteiger partial charge on any atom is -0.234 e. The van der Waals surface area contributed by atoms with Crippen molar-refractivity contribution in [3.8, 4) is 0 Å². The van der Waals surface area contributed by atoms with Gasteiger partial charge in [0.25, 0.3) is 5.82 Å². The van der Waals surface area contributed by atoms with Crippen molar-refractivity contribution in [2.24, 2.45) is 0 Å². The van der Waals surface area contributed by atoms with Crippen LogP contribution in [0.4, 0.5) is 0 Å². The molecule has 0 radical (unpaired) electrons. The van der Waals surface area contributed by atoms with Crippen molar-refractivity contribution >= 4 is 0 Å². The van der Waals surface area contributed by atoms with Crippen molar-refractivity contribution < 1.29 is 4.57 Å². The van der Waals surface area contributed by atoms with Crippen LogP contribution in [0, 0.1) is 0 Å². The maximum Gasteiger partial charge on any atom is 0.256 e. The summed E-state index contributed by atoms with van der Waals surface area (Å²) in [5, 5.41) is 0. The van der Waals surface area contributed by atoms with Crippen molar-refractivity contribution in [3.05, 3.63) is 54.1 Å². The third-order valence-electron chi connectivity index (χ3n) is 6.55. The summed E-state index contributed by atoms with van der Waals surface area (Å²) in [6, 6.07) is 10.9. The molecule has 0 fully saturated rings. The normalized spacial score (nSPS) is 11.3. The maximum absolute atomic E-state index is 2.55. The number of hydrogen-bond donors (Lipinski definition) is 0. The van der Waals surface area contributed by atoms with Crippen LogP contribution in [-0.4, -0.2) is 4.57 Å². The molecule has 2 nitrogen and oxygen atoms in total. The van der Waals surface area contributed by atoms with E-state index >= 15 is 0 Å². The maximum atomic E-state index is 2.55. The number of rotatable bonds is 19. The molecule has 2 aromatic rings. The van der Waals surface area contributed by atoms with E-state index in [2.05, 4.69) is 65.7 Å². The van der Waals surface area contributed by atoms with Gasteiger partial charge in [-0.05, 0) is 37.7 Å². The van der Waals surface area contributed by atoms with Crippen LogP contribution < -0.4 is 4.57 Å². The van der Waals surface area contributed by atoms with E-state index in [4.69, 9.17) is 0 Å². The van der Waals surface area contributed by atoms with Gasteiger partial charge in [-0.2, -0.15) is 0 Å². The zero-order valence-corrected chi connectivity index (χ0v) is 20.7. The molecule has 2 heteroatoms. The summed E-state index contributed by atoms with van der Waals surface area (Å²) < 4.78 is 5.09. The van der Waals surface area contributed by atoms with Crippen LogP contribution in [-0.2, 0) is 25.9 Å². The summed E-state index contributed by atoms with van der Waals surface area (Å²) in [6.07, 6.45) is 26.4. The lowest BCUT2D eigenvalue weighted by atomic mass is 10.1. The molecule has 0 saturated heterocycles. The largest absolute Gasteiger partial charge is 0.256 e. The Bertz CT molecular complexity index is 659. The molecule has 0 aliphatic rings. The highest BCUT2D eigenvalue weighted by Gasteiger charge is 2.16. The zero-order chi connectivity index (χ0) is 22.0. The lowest BCUT2D eigenvalue weighted by Crippen LogP contribution is -2.37. The lowest BCUT2D eigenvalue weighted by Gasteiger charge is -2.07. The van der Waals surface area contributed by atoms with E-state index in [-0.39, 0.29) is 0 Å². The van der Waals surface area contributed by atoms with Crippen LogP contribution >= 0.6 is 0 Å². The van der Waals surface area contributed by atoms with Crippen molar-refractivity contribution in [1.29, 1.82) is 0 Å². The monoisotopic (exact) mass is 425 g/mol. The molecule has 174 valence electrons. The molecule has 1 heterocycles. The average molecular weight is 426 g/mol. The SMILES string of the molecule is CCCCCCCCCCCCc1n(CCCCC)cc[n+]1CCCc1ccccc1. The molecular formula is C29H49N2+. The number of hydrogen-bond acceptors (Lipinski definition) is 0. The van der Waals surface area contributed by atoms with Crippen LogP contribution in [0.1, 0.15) is 115 Å². The highest BCUT2D eigenvalue weighted by Crippen LogP contribution is 2.13. The van der Waals surface area contributed by atoms with Crippen LogP contribution in [0.2, 0.25) is 0 Å².